The molecule has 248 valence electrons. The highest BCUT2D eigenvalue weighted by atomic mass is 16.3. The Kier molecular flexibility index (Phi) is 7.60. The summed E-state index contributed by atoms with van der Waals surface area (Å²) in [6.45, 7) is 0. The van der Waals surface area contributed by atoms with Crippen LogP contribution in [-0.2, 0) is 0 Å². The first-order valence-corrected chi connectivity index (χ1v) is 18.8. The molecule has 5 aliphatic rings. The summed E-state index contributed by atoms with van der Waals surface area (Å²) in [6, 6.07) is 37.7. The van der Waals surface area contributed by atoms with E-state index in [4.69, 9.17) is 4.42 Å². The first kappa shape index (κ1) is 30.4. The molecule has 5 aromatic rings. The largest absolute Gasteiger partial charge is 0.456 e. The fraction of sp³-hybridized carbons (Fsp3) is 0.200. The van der Waals surface area contributed by atoms with Crippen LogP contribution in [0.4, 0.5) is 0 Å². The molecule has 7 atom stereocenters. The topological polar surface area (TPSA) is 13.1 Å². The molecule has 0 N–H and O–H groups in total. The molecule has 0 spiro atoms. The third-order valence-corrected chi connectivity index (χ3v) is 12.2. The molecule has 5 aliphatic carbocycles. The Balaban J connectivity index is 1.06. The normalized spacial score (nSPS) is 27.4. The van der Waals surface area contributed by atoms with E-state index in [9.17, 15) is 0 Å². The molecule has 0 aliphatic heterocycles. The van der Waals surface area contributed by atoms with Crippen molar-refractivity contribution in [3.05, 3.63) is 204 Å². The van der Waals surface area contributed by atoms with Crippen molar-refractivity contribution in [3.8, 4) is 11.1 Å². The molecular formula is C50H42O. The Morgan fingerprint density at radius 2 is 1.18 bits per heavy atom. The van der Waals surface area contributed by atoms with Gasteiger partial charge in [0.2, 0.25) is 0 Å². The van der Waals surface area contributed by atoms with Crippen LogP contribution in [0.25, 0.3) is 33.7 Å². The Labute approximate surface area is 301 Å². The molecule has 51 heavy (non-hydrogen) atoms. The fourth-order valence-corrected chi connectivity index (χ4v) is 9.71. The Morgan fingerprint density at radius 3 is 2.00 bits per heavy atom. The third kappa shape index (κ3) is 5.47. The second kappa shape index (κ2) is 12.7. The average Bonchev–Trinajstić information content (AvgIpc) is 3.61. The van der Waals surface area contributed by atoms with Crippen LogP contribution in [0.5, 0.6) is 0 Å². The maximum Gasteiger partial charge on any atom is 0.143 e. The summed E-state index contributed by atoms with van der Waals surface area (Å²) in [4.78, 5) is 0. The predicted octanol–water partition coefficient (Wildman–Crippen LogP) is 13.0. The van der Waals surface area contributed by atoms with E-state index >= 15 is 0 Å². The molecule has 0 radical (unpaired) electrons. The maximum atomic E-state index is 6.93. The molecule has 1 fully saturated rings. The van der Waals surface area contributed by atoms with Crippen LogP contribution >= 0.6 is 0 Å². The Bertz CT molecular complexity index is 2310. The zero-order valence-corrected chi connectivity index (χ0v) is 28.8. The standard InChI is InChI=1S/C50H42O/c1-4-12-33(13-5-1)37-20-21-39-29-40(23-22-38(39)28-37)42-30-41(34-14-6-2-7-15-34)31-43(32-42)45-25-26-46(35-16-8-3-9-17-35)50-49(45)48-44-19-11-10-18-36(44)24-27-47(48)51-50/h1-29,36,38-39,41-44H,30-32H2. The van der Waals surface area contributed by atoms with E-state index in [1.807, 2.05) is 0 Å². The lowest BCUT2D eigenvalue weighted by Crippen LogP contribution is -2.24. The van der Waals surface area contributed by atoms with Gasteiger partial charge in [-0.25, -0.2) is 0 Å². The molecule has 0 bridgehead atoms. The number of rotatable bonds is 5. The van der Waals surface area contributed by atoms with Crippen molar-refractivity contribution in [1.29, 1.82) is 0 Å². The first-order valence-electron chi connectivity index (χ1n) is 18.8. The van der Waals surface area contributed by atoms with Crippen molar-refractivity contribution >= 4 is 22.6 Å². The van der Waals surface area contributed by atoms with E-state index in [-0.39, 0.29) is 5.92 Å². The molecule has 10 rings (SSSR count). The van der Waals surface area contributed by atoms with Crippen molar-refractivity contribution in [1.82, 2.24) is 0 Å². The SMILES string of the molecule is C1=CC2C=Cc3oc4c(-c5ccccc5)ccc(C5CC(C6=CC7C=CC(c8ccccc8)=CC7C=C6)CC(c6ccccc6)C5)c4c3C2C=C1. The van der Waals surface area contributed by atoms with Crippen LogP contribution in [-0.4, -0.2) is 0 Å². The average molecular weight is 659 g/mol. The van der Waals surface area contributed by atoms with Gasteiger partial charge in [0.15, 0.2) is 0 Å². The molecule has 4 aromatic carbocycles. The lowest BCUT2D eigenvalue weighted by Gasteiger charge is -2.38. The van der Waals surface area contributed by atoms with Crippen molar-refractivity contribution in [2.75, 3.05) is 0 Å². The van der Waals surface area contributed by atoms with Gasteiger partial charge < -0.3 is 4.42 Å². The summed E-state index contributed by atoms with van der Waals surface area (Å²) >= 11 is 0. The summed E-state index contributed by atoms with van der Waals surface area (Å²) in [6.07, 6.45) is 32.0. The fourth-order valence-electron chi connectivity index (χ4n) is 9.71. The zero-order valence-electron chi connectivity index (χ0n) is 28.8. The highest BCUT2D eigenvalue weighted by molar-refractivity contribution is 5.99. The molecule has 1 heteroatoms. The summed E-state index contributed by atoms with van der Waals surface area (Å²) in [5.74, 6) is 3.87. The van der Waals surface area contributed by atoms with Crippen LogP contribution in [0.1, 0.15) is 65.0 Å². The Morgan fingerprint density at radius 1 is 0.510 bits per heavy atom. The van der Waals surface area contributed by atoms with Crippen molar-refractivity contribution in [2.24, 2.45) is 23.7 Å². The van der Waals surface area contributed by atoms with Gasteiger partial charge in [-0.15, -0.1) is 0 Å². The van der Waals surface area contributed by atoms with E-state index in [2.05, 4.69) is 176 Å². The lowest BCUT2D eigenvalue weighted by molar-refractivity contribution is 0.323. The molecule has 7 unspecified atom stereocenters. The van der Waals surface area contributed by atoms with E-state index in [1.54, 1.807) is 0 Å². The van der Waals surface area contributed by atoms with E-state index in [1.165, 1.54) is 56.3 Å². The molecule has 1 aromatic heterocycles. The maximum absolute atomic E-state index is 6.93. The quantitative estimate of drug-likeness (QED) is 0.183. The van der Waals surface area contributed by atoms with Crippen LogP contribution in [0.15, 0.2) is 180 Å². The molecule has 1 nitrogen and oxygen atoms in total. The second-order valence-corrected chi connectivity index (χ2v) is 15.1. The number of benzene rings is 4. The van der Waals surface area contributed by atoms with Crippen LogP contribution in [0, 0.1) is 23.7 Å². The summed E-state index contributed by atoms with van der Waals surface area (Å²) < 4.78 is 6.93. The van der Waals surface area contributed by atoms with Crippen LogP contribution in [0.3, 0.4) is 0 Å². The minimum atomic E-state index is 0.290. The van der Waals surface area contributed by atoms with Gasteiger partial charge >= 0.3 is 0 Å². The van der Waals surface area contributed by atoms with E-state index in [0.717, 1.165) is 24.2 Å². The number of hydrogen-bond acceptors (Lipinski definition) is 1. The summed E-state index contributed by atoms with van der Waals surface area (Å²) in [7, 11) is 0. The Hall–Kier alpha value is -5.40. The van der Waals surface area contributed by atoms with Crippen LogP contribution < -0.4 is 0 Å². The van der Waals surface area contributed by atoms with Gasteiger partial charge in [-0.2, -0.15) is 0 Å². The van der Waals surface area contributed by atoms with Gasteiger partial charge in [0.1, 0.15) is 11.3 Å². The number of furan rings is 1. The second-order valence-electron chi connectivity index (χ2n) is 15.1. The minimum absolute atomic E-state index is 0.290. The van der Waals surface area contributed by atoms with Crippen molar-refractivity contribution < 1.29 is 4.42 Å². The first-order chi connectivity index (χ1) is 25.3. The predicted molar refractivity (Wildman–Crippen MR) is 212 cm³/mol. The molecule has 0 saturated heterocycles. The number of hydrogen-bond donors (Lipinski definition) is 0. The number of fused-ring (bicyclic) bond motifs is 6. The molecule has 0 amide bonds. The van der Waals surface area contributed by atoms with Gasteiger partial charge in [-0.3, -0.25) is 0 Å². The monoisotopic (exact) mass is 658 g/mol. The van der Waals surface area contributed by atoms with Gasteiger partial charge in [-0.05, 0) is 76.5 Å². The smallest absolute Gasteiger partial charge is 0.143 e. The van der Waals surface area contributed by atoms with Crippen molar-refractivity contribution in [2.45, 2.75) is 37.0 Å². The van der Waals surface area contributed by atoms with Gasteiger partial charge in [0.25, 0.3) is 0 Å². The minimum Gasteiger partial charge on any atom is -0.456 e. The van der Waals surface area contributed by atoms with Gasteiger partial charge in [-0.1, -0.05) is 170 Å². The molecule has 1 heterocycles. The number of allylic oxidation sites excluding steroid dienone is 13. The summed E-state index contributed by atoms with van der Waals surface area (Å²) in [5, 5.41) is 1.35. The highest BCUT2D eigenvalue weighted by Gasteiger charge is 2.37. The van der Waals surface area contributed by atoms with Gasteiger partial charge in [0.05, 0.1) is 0 Å². The van der Waals surface area contributed by atoms with E-state index < -0.39 is 0 Å². The molecular weight excluding hydrogens is 617 g/mol. The lowest BCUT2D eigenvalue weighted by atomic mass is 9.66. The van der Waals surface area contributed by atoms with Gasteiger partial charge in [0, 0.05) is 40.2 Å². The van der Waals surface area contributed by atoms with Crippen molar-refractivity contribution in [3.63, 3.8) is 0 Å². The zero-order chi connectivity index (χ0) is 33.7. The third-order valence-electron chi connectivity index (χ3n) is 12.2. The highest BCUT2D eigenvalue weighted by Crippen LogP contribution is 2.53. The van der Waals surface area contributed by atoms with E-state index in [0.29, 0.717) is 35.5 Å². The van der Waals surface area contributed by atoms with Crippen LogP contribution in [0.2, 0.25) is 0 Å². The molecule has 1 saturated carbocycles. The summed E-state index contributed by atoms with van der Waals surface area (Å²) in [5.41, 5.74) is 11.9.